The van der Waals surface area contributed by atoms with Crippen molar-refractivity contribution in [3.8, 4) is 0 Å². The highest BCUT2D eigenvalue weighted by molar-refractivity contribution is 7.93. The lowest BCUT2D eigenvalue weighted by molar-refractivity contribution is 0.318. The normalized spacial score (nSPS) is 22.1. The van der Waals surface area contributed by atoms with E-state index >= 15 is 0 Å². The van der Waals surface area contributed by atoms with Crippen molar-refractivity contribution in [1.82, 2.24) is 0 Å². The van der Waals surface area contributed by atoms with Crippen LogP contribution in [-0.2, 0) is 10.0 Å². The second-order valence-corrected chi connectivity index (χ2v) is 7.12. The summed E-state index contributed by atoms with van der Waals surface area (Å²) in [6, 6.07) is 7.24. The quantitative estimate of drug-likeness (QED) is 0.665. The lowest BCUT2D eigenvalue weighted by atomic mass is 10.1. The van der Waals surface area contributed by atoms with Crippen LogP contribution < -0.4 is 4.31 Å². The lowest BCUT2D eigenvalue weighted by Crippen LogP contribution is -2.34. The van der Waals surface area contributed by atoms with Crippen LogP contribution in [0.3, 0.4) is 0 Å². The number of anilines is 1. The Morgan fingerprint density at radius 2 is 2.00 bits per heavy atom. The summed E-state index contributed by atoms with van der Waals surface area (Å²) in [5.41, 5.74) is 1.91. The fraction of sp³-hybridized carbons (Fsp3) is 0.462. The van der Waals surface area contributed by atoms with E-state index in [4.69, 9.17) is 5.21 Å². The Hall–Kier alpha value is -1.56. The van der Waals surface area contributed by atoms with Gasteiger partial charge in [0, 0.05) is 12.1 Å². The zero-order valence-electron chi connectivity index (χ0n) is 10.5. The summed E-state index contributed by atoms with van der Waals surface area (Å²) in [5.74, 6) is 0. The minimum absolute atomic E-state index is 0.229. The molecule has 102 valence electrons. The predicted octanol–water partition coefficient (Wildman–Crippen LogP) is 1.96. The van der Waals surface area contributed by atoms with Gasteiger partial charge >= 0.3 is 0 Å². The molecule has 6 heteroatoms. The second-order valence-electron chi connectivity index (χ2n) is 4.98. The molecule has 1 aliphatic carbocycles. The maximum atomic E-state index is 12.5. The van der Waals surface area contributed by atoms with E-state index in [0.29, 0.717) is 36.3 Å². The Morgan fingerprint density at radius 1 is 1.26 bits per heavy atom. The molecule has 1 saturated carbocycles. The van der Waals surface area contributed by atoms with Gasteiger partial charge in [0.15, 0.2) is 0 Å². The molecule has 0 saturated heterocycles. The minimum atomic E-state index is -3.26. The highest BCUT2D eigenvalue weighted by Gasteiger charge is 2.41. The summed E-state index contributed by atoms with van der Waals surface area (Å²) in [5, 5.41) is 12.2. The maximum absolute atomic E-state index is 12.5. The number of oxime groups is 1. The van der Waals surface area contributed by atoms with Crippen LogP contribution in [0.2, 0.25) is 0 Å². The van der Waals surface area contributed by atoms with Gasteiger partial charge in [-0.3, -0.25) is 4.31 Å². The first-order valence-electron chi connectivity index (χ1n) is 6.46. The van der Waals surface area contributed by atoms with Crippen molar-refractivity contribution < 1.29 is 13.6 Å². The van der Waals surface area contributed by atoms with E-state index in [-0.39, 0.29) is 5.25 Å². The molecule has 3 rings (SSSR count). The first kappa shape index (κ1) is 12.5. The van der Waals surface area contributed by atoms with Crippen LogP contribution >= 0.6 is 0 Å². The number of benzene rings is 1. The van der Waals surface area contributed by atoms with Crippen molar-refractivity contribution in [2.45, 2.75) is 30.9 Å². The van der Waals surface area contributed by atoms with Gasteiger partial charge in [-0.2, -0.15) is 0 Å². The van der Waals surface area contributed by atoms with Crippen molar-refractivity contribution in [3.05, 3.63) is 29.8 Å². The fourth-order valence-electron chi connectivity index (χ4n) is 2.49. The van der Waals surface area contributed by atoms with Crippen molar-refractivity contribution in [1.29, 1.82) is 0 Å². The third kappa shape index (κ3) is 2.10. The van der Waals surface area contributed by atoms with Gasteiger partial charge in [-0.05, 0) is 31.7 Å². The third-order valence-electron chi connectivity index (χ3n) is 3.63. The molecule has 0 atom stereocenters. The van der Waals surface area contributed by atoms with Crippen LogP contribution in [0.5, 0.6) is 0 Å². The Kier molecular flexibility index (Phi) is 2.97. The van der Waals surface area contributed by atoms with Gasteiger partial charge in [0.25, 0.3) is 0 Å². The summed E-state index contributed by atoms with van der Waals surface area (Å²) in [4.78, 5) is 0. The molecule has 1 N–H and O–H groups in total. The number of nitrogens with zero attached hydrogens (tertiary/aromatic N) is 2. The number of hydrogen-bond donors (Lipinski definition) is 1. The molecular weight excluding hydrogens is 264 g/mol. The van der Waals surface area contributed by atoms with Crippen LogP contribution in [0.1, 0.15) is 31.2 Å². The van der Waals surface area contributed by atoms with Crippen molar-refractivity contribution in [2.24, 2.45) is 5.16 Å². The van der Waals surface area contributed by atoms with Gasteiger partial charge < -0.3 is 5.21 Å². The summed E-state index contributed by atoms with van der Waals surface area (Å²) in [6.45, 7) is 0.453. The van der Waals surface area contributed by atoms with Gasteiger partial charge in [0.05, 0.1) is 16.6 Å². The molecule has 1 aromatic carbocycles. The van der Waals surface area contributed by atoms with E-state index in [0.717, 1.165) is 12.8 Å². The molecule has 19 heavy (non-hydrogen) atoms. The molecule has 0 aromatic heterocycles. The largest absolute Gasteiger partial charge is 0.411 e. The number of para-hydroxylation sites is 1. The van der Waals surface area contributed by atoms with Crippen molar-refractivity contribution in [2.75, 3.05) is 10.8 Å². The van der Waals surface area contributed by atoms with E-state index in [9.17, 15) is 8.42 Å². The van der Waals surface area contributed by atoms with Crippen molar-refractivity contribution >= 4 is 21.4 Å². The molecule has 1 fully saturated rings. The van der Waals surface area contributed by atoms with Crippen LogP contribution in [0, 0.1) is 0 Å². The molecule has 2 aliphatic rings. The van der Waals surface area contributed by atoms with Crippen LogP contribution in [-0.4, -0.2) is 31.1 Å². The first-order valence-corrected chi connectivity index (χ1v) is 7.97. The van der Waals surface area contributed by atoms with Crippen LogP contribution in [0.25, 0.3) is 0 Å². The number of sulfonamides is 1. The second kappa shape index (κ2) is 4.52. The van der Waals surface area contributed by atoms with Crippen LogP contribution in [0.15, 0.2) is 29.4 Å². The Morgan fingerprint density at radius 3 is 2.68 bits per heavy atom. The predicted molar refractivity (Wildman–Crippen MR) is 73.3 cm³/mol. The fourth-order valence-corrected chi connectivity index (χ4v) is 4.40. The molecule has 1 aliphatic heterocycles. The first-order chi connectivity index (χ1) is 9.14. The maximum Gasteiger partial charge on any atom is 0.238 e. The smallest absolute Gasteiger partial charge is 0.238 e. The zero-order valence-corrected chi connectivity index (χ0v) is 11.3. The monoisotopic (exact) mass is 280 g/mol. The summed E-state index contributed by atoms with van der Waals surface area (Å²) >= 11 is 0. The summed E-state index contributed by atoms with van der Waals surface area (Å²) in [7, 11) is -3.26. The average molecular weight is 280 g/mol. The molecule has 0 amide bonds. The zero-order chi connectivity index (χ0) is 13.5. The molecule has 1 heterocycles. The standard InChI is InChI=1S/C13H16N2O3S/c16-14-12-5-3-9-15(19(17,18)10-7-8-10)13-6-2-1-4-11(12)13/h1-2,4,6,10,16H,3,5,7-9H2/b14-12-. The Labute approximate surface area is 112 Å². The van der Waals surface area contributed by atoms with Gasteiger partial charge in [0.2, 0.25) is 10.0 Å². The summed E-state index contributed by atoms with van der Waals surface area (Å²) in [6.07, 6.45) is 2.76. The average Bonchev–Trinajstić information content (AvgIpc) is 3.24. The molecule has 0 bridgehead atoms. The van der Waals surface area contributed by atoms with E-state index in [1.807, 2.05) is 18.2 Å². The highest BCUT2D eigenvalue weighted by Crippen LogP contribution is 2.36. The molecule has 0 unspecified atom stereocenters. The van der Waals surface area contributed by atoms with Gasteiger partial charge in [-0.1, -0.05) is 23.4 Å². The van der Waals surface area contributed by atoms with Gasteiger partial charge in [0.1, 0.15) is 0 Å². The van der Waals surface area contributed by atoms with E-state index in [2.05, 4.69) is 5.16 Å². The SMILES string of the molecule is O=S(=O)(C1CC1)N1CCC/C(=N/O)c2ccccc21. The van der Waals surface area contributed by atoms with Crippen molar-refractivity contribution in [3.63, 3.8) is 0 Å². The minimum Gasteiger partial charge on any atom is -0.411 e. The van der Waals surface area contributed by atoms with E-state index in [1.54, 1.807) is 6.07 Å². The molecular formula is C13H16N2O3S. The molecule has 1 aromatic rings. The van der Waals surface area contributed by atoms with E-state index in [1.165, 1.54) is 4.31 Å². The Bertz CT molecular complexity index is 621. The molecule has 5 nitrogen and oxygen atoms in total. The van der Waals surface area contributed by atoms with Crippen LogP contribution in [0.4, 0.5) is 5.69 Å². The molecule has 0 spiro atoms. The topological polar surface area (TPSA) is 70.0 Å². The van der Waals surface area contributed by atoms with Gasteiger partial charge in [-0.25, -0.2) is 8.42 Å². The van der Waals surface area contributed by atoms with Gasteiger partial charge in [-0.15, -0.1) is 0 Å². The summed E-state index contributed by atoms with van der Waals surface area (Å²) < 4.78 is 26.5. The number of hydrogen-bond acceptors (Lipinski definition) is 4. The third-order valence-corrected chi connectivity index (χ3v) is 5.94. The Balaban J connectivity index is 2.12. The molecule has 0 radical (unpaired) electrons. The number of fused-ring (bicyclic) bond motifs is 1. The number of rotatable bonds is 2. The van der Waals surface area contributed by atoms with E-state index < -0.39 is 10.0 Å². The lowest BCUT2D eigenvalue weighted by Gasteiger charge is -2.24. The highest BCUT2D eigenvalue weighted by atomic mass is 32.2.